The summed E-state index contributed by atoms with van der Waals surface area (Å²) in [4.78, 5) is 20.7. The first kappa shape index (κ1) is 19.4. The van der Waals surface area contributed by atoms with E-state index in [1.807, 2.05) is 16.7 Å². The van der Waals surface area contributed by atoms with Crippen LogP contribution in [0.3, 0.4) is 0 Å². The van der Waals surface area contributed by atoms with Crippen LogP contribution in [0.5, 0.6) is 0 Å². The van der Waals surface area contributed by atoms with Crippen LogP contribution < -0.4 is 5.32 Å². The lowest BCUT2D eigenvalue weighted by atomic mass is 10.1. The Morgan fingerprint density at radius 2 is 2.19 bits per heavy atom. The van der Waals surface area contributed by atoms with Crippen molar-refractivity contribution in [2.75, 3.05) is 57.4 Å². The number of carbonyl (C=O) groups is 1. The van der Waals surface area contributed by atoms with Gasteiger partial charge in [-0.25, -0.2) is 8.42 Å². The zero-order valence-electron chi connectivity index (χ0n) is 15.5. The van der Waals surface area contributed by atoms with Crippen LogP contribution in [0.4, 0.5) is 0 Å². The van der Waals surface area contributed by atoms with Gasteiger partial charge in [-0.1, -0.05) is 0 Å². The fraction of sp³-hybridized carbons (Fsp3) is 0.882. The Hall–Kier alpha value is -1.35. The molecule has 2 unspecified atom stereocenters. The molecule has 0 spiro atoms. The molecule has 3 aliphatic heterocycles. The third kappa shape index (κ3) is 5.09. The van der Waals surface area contributed by atoms with E-state index >= 15 is 0 Å². The van der Waals surface area contributed by atoms with Crippen molar-refractivity contribution in [1.82, 2.24) is 15.1 Å². The largest absolute Gasteiger partial charge is 0.376 e. The molecule has 148 valence electrons. The van der Waals surface area contributed by atoms with Crippen molar-refractivity contribution in [3.63, 3.8) is 0 Å². The Bertz CT molecular complexity index is 631. The smallest absolute Gasteiger partial charge is 0.242 e. The molecule has 3 rings (SSSR count). The molecule has 8 nitrogen and oxygen atoms in total. The lowest BCUT2D eigenvalue weighted by molar-refractivity contribution is -0.134. The topological polar surface area (TPSA) is 91.3 Å². The molecular weight excluding hydrogens is 356 g/mol. The zero-order chi connectivity index (χ0) is 18.6. The highest BCUT2D eigenvalue weighted by Gasteiger charge is 2.29. The van der Waals surface area contributed by atoms with Gasteiger partial charge >= 0.3 is 0 Å². The Morgan fingerprint density at radius 1 is 1.35 bits per heavy atom. The zero-order valence-corrected chi connectivity index (χ0v) is 16.3. The number of rotatable bonds is 5. The molecule has 0 saturated carbocycles. The highest BCUT2D eigenvalue weighted by Crippen LogP contribution is 2.19. The third-order valence-electron chi connectivity index (χ3n) is 5.34. The molecule has 0 radical (unpaired) electrons. The normalized spacial score (nSPS) is 29.4. The summed E-state index contributed by atoms with van der Waals surface area (Å²) in [7, 11) is -2.90. The average molecular weight is 387 g/mol. The van der Waals surface area contributed by atoms with Gasteiger partial charge in [0.1, 0.15) is 0 Å². The Labute approximate surface area is 155 Å². The van der Waals surface area contributed by atoms with Gasteiger partial charge in [-0.3, -0.25) is 9.79 Å². The first-order chi connectivity index (χ1) is 12.5. The van der Waals surface area contributed by atoms with Crippen LogP contribution in [0.1, 0.15) is 26.2 Å². The lowest BCUT2D eigenvalue weighted by Gasteiger charge is -2.36. The predicted molar refractivity (Wildman–Crippen MR) is 99.9 cm³/mol. The van der Waals surface area contributed by atoms with Crippen LogP contribution in [0.15, 0.2) is 4.99 Å². The van der Waals surface area contributed by atoms with Gasteiger partial charge in [0.15, 0.2) is 15.8 Å². The molecule has 0 bridgehead atoms. The molecular formula is C17H30N4O4S. The van der Waals surface area contributed by atoms with Gasteiger partial charge in [0.2, 0.25) is 5.91 Å². The highest BCUT2D eigenvalue weighted by molar-refractivity contribution is 7.91. The number of guanidine groups is 1. The van der Waals surface area contributed by atoms with E-state index in [2.05, 4.69) is 10.3 Å². The summed E-state index contributed by atoms with van der Waals surface area (Å²) in [5.41, 5.74) is 0. The first-order valence-corrected chi connectivity index (χ1v) is 11.4. The van der Waals surface area contributed by atoms with Crippen molar-refractivity contribution < 1.29 is 17.9 Å². The van der Waals surface area contributed by atoms with Crippen molar-refractivity contribution in [3.8, 4) is 0 Å². The van der Waals surface area contributed by atoms with Crippen LogP contribution in [-0.2, 0) is 19.4 Å². The summed E-state index contributed by atoms with van der Waals surface area (Å²) in [5.74, 6) is 1.37. The van der Waals surface area contributed by atoms with Crippen molar-refractivity contribution in [1.29, 1.82) is 0 Å². The minimum absolute atomic E-state index is 0.0761. The van der Waals surface area contributed by atoms with Gasteiger partial charge < -0.3 is 19.9 Å². The summed E-state index contributed by atoms with van der Waals surface area (Å²) in [6.45, 7) is 6.40. The molecule has 1 amide bonds. The average Bonchev–Trinajstić information content (AvgIpc) is 3.24. The monoisotopic (exact) mass is 386 g/mol. The van der Waals surface area contributed by atoms with E-state index in [-0.39, 0.29) is 29.4 Å². The number of hydrogen-bond donors (Lipinski definition) is 1. The molecule has 0 aromatic rings. The van der Waals surface area contributed by atoms with Crippen LogP contribution in [-0.4, -0.2) is 93.6 Å². The van der Waals surface area contributed by atoms with Crippen LogP contribution in [0.2, 0.25) is 0 Å². The molecule has 3 fully saturated rings. The van der Waals surface area contributed by atoms with Gasteiger partial charge in [0.25, 0.3) is 0 Å². The number of amides is 1. The number of likely N-dealkylation sites (N-methyl/N-ethyl adjacent to an activating group) is 1. The fourth-order valence-corrected chi connectivity index (χ4v) is 5.58. The van der Waals surface area contributed by atoms with Gasteiger partial charge in [-0.15, -0.1) is 0 Å². The fourth-order valence-electron chi connectivity index (χ4n) is 3.73. The first-order valence-electron chi connectivity index (χ1n) is 9.60. The van der Waals surface area contributed by atoms with Crippen molar-refractivity contribution in [2.24, 2.45) is 10.9 Å². The van der Waals surface area contributed by atoms with E-state index in [4.69, 9.17) is 4.74 Å². The molecule has 3 aliphatic rings. The number of nitrogens with zero attached hydrogens (tertiary/aromatic N) is 3. The summed E-state index contributed by atoms with van der Waals surface area (Å²) in [5, 5.41) is 3.36. The predicted octanol–water partition coefficient (Wildman–Crippen LogP) is -0.290. The molecule has 2 atom stereocenters. The van der Waals surface area contributed by atoms with Gasteiger partial charge in [-0.2, -0.15) is 0 Å². The highest BCUT2D eigenvalue weighted by atomic mass is 32.2. The van der Waals surface area contributed by atoms with Crippen molar-refractivity contribution in [3.05, 3.63) is 0 Å². The number of aliphatic imine (C=N–C) groups is 1. The van der Waals surface area contributed by atoms with Gasteiger partial charge in [-0.05, 0) is 32.1 Å². The van der Waals surface area contributed by atoms with E-state index in [0.717, 1.165) is 32.5 Å². The standard InChI is InChI=1S/C17H30N4O4S/c1-2-20-6-7-21(12-16(20)22)17(19-11-15-4-3-8-25-15)18-10-14-5-9-26(23,24)13-14/h14-15H,2-13H2,1H3,(H,18,19). The Kier molecular flexibility index (Phi) is 6.39. The summed E-state index contributed by atoms with van der Waals surface area (Å²) in [6.07, 6.45) is 2.96. The Morgan fingerprint density at radius 3 is 2.81 bits per heavy atom. The van der Waals surface area contributed by atoms with E-state index in [1.54, 1.807) is 0 Å². The minimum atomic E-state index is -2.90. The van der Waals surface area contributed by atoms with Crippen LogP contribution >= 0.6 is 0 Å². The molecule has 1 N–H and O–H groups in total. The molecule has 0 aromatic carbocycles. The number of ether oxygens (including phenoxy) is 1. The number of carbonyl (C=O) groups excluding carboxylic acids is 1. The molecule has 0 aliphatic carbocycles. The van der Waals surface area contributed by atoms with Gasteiger partial charge in [0.05, 0.1) is 24.2 Å². The van der Waals surface area contributed by atoms with E-state index in [9.17, 15) is 13.2 Å². The third-order valence-corrected chi connectivity index (χ3v) is 7.17. The SMILES string of the molecule is CCN1CCN(C(=NCC2CCS(=O)(=O)C2)NCC2CCCO2)CC1=O. The molecule has 26 heavy (non-hydrogen) atoms. The maximum absolute atomic E-state index is 12.2. The Balaban J connectivity index is 1.62. The van der Waals surface area contributed by atoms with Crippen molar-refractivity contribution >= 4 is 21.7 Å². The minimum Gasteiger partial charge on any atom is -0.376 e. The second kappa shape index (κ2) is 8.56. The molecule has 3 saturated heterocycles. The van der Waals surface area contributed by atoms with E-state index < -0.39 is 9.84 Å². The van der Waals surface area contributed by atoms with Crippen LogP contribution in [0.25, 0.3) is 0 Å². The van der Waals surface area contributed by atoms with Gasteiger partial charge in [0, 0.05) is 39.3 Å². The maximum atomic E-state index is 12.2. The summed E-state index contributed by atoms with van der Waals surface area (Å²) >= 11 is 0. The number of piperazine rings is 1. The van der Waals surface area contributed by atoms with E-state index in [0.29, 0.717) is 38.6 Å². The number of sulfone groups is 1. The second-order valence-electron chi connectivity index (χ2n) is 7.34. The van der Waals surface area contributed by atoms with Crippen molar-refractivity contribution in [2.45, 2.75) is 32.3 Å². The maximum Gasteiger partial charge on any atom is 0.242 e. The molecule has 9 heteroatoms. The lowest BCUT2D eigenvalue weighted by Crippen LogP contribution is -2.55. The second-order valence-corrected chi connectivity index (χ2v) is 9.57. The number of nitrogens with one attached hydrogen (secondary N) is 1. The van der Waals surface area contributed by atoms with E-state index in [1.165, 1.54) is 0 Å². The summed E-state index contributed by atoms with van der Waals surface area (Å²) in [6, 6.07) is 0. The number of hydrogen-bond acceptors (Lipinski definition) is 5. The molecule has 3 heterocycles. The molecule has 0 aromatic heterocycles. The van der Waals surface area contributed by atoms with Crippen LogP contribution in [0, 0.1) is 5.92 Å². The quantitative estimate of drug-likeness (QED) is 0.516. The summed E-state index contributed by atoms with van der Waals surface area (Å²) < 4.78 is 29.0.